The molecule has 108 valence electrons. The van der Waals surface area contributed by atoms with Crippen molar-refractivity contribution in [2.24, 2.45) is 5.41 Å². The number of rotatable bonds is 4. The van der Waals surface area contributed by atoms with Crippen LogP contribution in [-0.2, 0) is 11.2 Å². The Morgan fingerprint density at radius 1 is 1.25 bits per heavy atom. The monoisotopic (exact) mass is 292 g/mol. The summed E-state index contributed by atoms with van der Waals surface area (Å²) in [6, 6.07) is 8.22. The van der Waals surface area contributed by atoms with E-state index in [-0.39, 0.29) is 11.3 Å². The van der Waals surface area contributed by atoms with Gasteiger partial charge < -0.3 is 10.6 Å². The molecule has 0 aromatic heterocycles. The van der Waals surface area contributed by atoms with Crippen molar-refractivity contribution >= 4 is 17.5 Å². The van der Waals surface area contributed by atoms with Crippen molar-refractivity contribution in [3.05, 3.63) is 34.9 Å². The molecule has 0 radical (unpaired) electrons. The second-order valence-electron chi connectivity index (χ2n) is 6.14. The third kappa shape index (κ3) is 2.84. The summed E-state index contributed by atoms with van der Waals surface area (Å²) in [6.45, 7) is 1.54. The topological polar surface area (TPSA) is 41.1 Å². The van der Waals surface area contributed by atoms with E-state index in [1.54, 1.807) is 0 Å². The molecule has 1 heterocycles. The molecule has 1 aromatic carbocycles. The van der Waals surface area contributed by atoms with Crippen molar-refractivity contribution in [3.63, 3.8) is 0 Å². The lowest BCUT2D eigenvalue weighted by molar-refractivity contribution is -0.134. The Morgan fingerprint density at radius 3 is 2.45 bits per heavy atom. The lowest BCUT2D eigenvalue weighted by atomic mass is 9.75. The van der Waals surface area contributed by atoms with E-state index in [9.17, 15) is 4.79 Å². The third-order valence-corrected chi connectivity index (χ3v) is 4.81. The summed E-state index contributed by atoms with van der Waals surface area (Å²) < 4.78 is 0. The predicted octanol–water partition coefficient (Wildman–Crippen LogP) is 2.53. The molecular weight excluding hydrogens is 272 g/mol. The molecule has 4 heteroatoms. The lowest BCUT2D eigenvalue weighted by Crippen LogP contribution is -2.63. The van der Waals surface area contributed by atoms with Gasteiger partial charge in [-0.1, -0.05) is 36.6 Å². The summed E-state index contributed by atoms with van der Waals surface area (Å²) in [5.74, 6) is 0.220. The van der Waals surface area contributed by atoms with Gasteiger partial charge in [-0.15, -0.1) is 0 Å². The normalized spacial score (nSPS) is 21.4. The summed E-state index contributed by atoms with van der Waals surface area (Å²) >= 11 is 5.92. The van der Waals surface area contributed by atoms with Gasteiger partial charge >= 0.3 is 0 Å². The van der Waals surface area contributed by atoms with Crippen LogP contribution in [0.1, 0.15) is 31.2 Å². The minimum absolute atomic E-state index is 0.220. The van der Waals surface area contributed by atoms with Crippen LogP contribution in [0.4, 0.5) is 0 Å². The molecule has 2 aliphatic rings. The maximum Gasteiger partial charge on any atom is 0.229 e. The Morgan fingerprint density at radius 2 is 1.90 bits per heavy atom. The first-order valence-electron chi connectivity index (χ1n) is 7.44. The Hall–Kier alpha value is -1.06. The highest BCUT2D eigenvalue weighted by Gasteiger charge is 2.44. The van der Waals surface area contributed by atoms with Crippen molar-refractivity contribution in [2.45, 2.75) is 38.1 Å². The minimum Gasteiger partial charge on any atom is -0.353 e. The molecule has 0 bridgehead atoms. The highest BCUT2D eigenvalue weighted by molar-refractivity contribution is 6.30. The predicted molar refractivity (Wildman–Crippen MR) is 80.9 cm³/mol. The molecule has 1 aliphatic carbocycles. The van der Waals surface area contributed by atoms with Gasteiger partial charge in [-0.3, -0.25) is 4.79 Å². The van der Waals surface area contributed by atoms with E-state index >= 15 is 0 Å². The largest absolute Gasteiger partial charge is 0.353 e. The Balaban J connectivity index is 1.67. The van der Waals surface area contributed by atoms with E-state index in [2.05, 4.69) is 10.6 Å². The standard InChI is InChI=1S/C16H21ClN2O/c17-13-7-5-12(6-8-13)9-16(10-18-11-16)15(20)19-14-3-1-2-4-14/h5-8,14,18H,1-4,9-11H2,(H,19,20). The van der Waals surface area contributed by atoms with Crippen LogP contribution in [0, 0.1) is 5.41 Å². The third-order valence-electron chi connectivity index (χ3n) is 4.55. The van der Waals surface area contributed by atoms with Crippen LogP contribution in [0.5, 0.6) is 0 Å². The second kappa shape index (κ2) is 5.74. The number of halogens is 1. The molecule has 20 heavy (non-hydrogen) atoms. The van der Waals surface area contributed by atoms with E-state index in [0.29, 0.717) is 6.04 Å². The molecule has 0 unspecified atom stereocenters. The minimum atomic E-state index is -0.267. The van der Waals surface area contributed by atoms with E-state index < -0.39 is 0 Å². The number of amides is 1. The highest BCUT2D eigenvalue weighted by atomic mass is 35.5. The fraction of sp³-hybridized carbons (Fsp3) is 0.562. The van der Waals surface area contributed by atoms with Crippen molar-refractivity contribution in [1.82, 2.24) is 10.6 Å². The van der Waals surface area contributed by atoms with Crippen LogP contribution in [0.3, 0.4) is 0 Å². The van der Waals surface area contributed by atoms with Crippen molar-refractivity contribution in [1.29, 1.82) is 0 Å². The van der Waals surface area contributed by atoms with Crippen LogP contribution < -0.4 is 10.6 Å². The Kier molecular flexibility index (Phi) is 3.99. The second-order valence-corrected chi connectivity index (χ2v) is 6.58. The molecule has 1 saturated carbocycles. The number of hydrogen-bond donors (Lipinski definition) is 2. The van der Waals surface area contributed by atoms with E-state index in [1.807, 2.05) is 24.3 Å². The summed E-state index contributed by atoms with van der Waals surface area (Å²) in [7, 11) is 0. The molecule has 1 amide bonds. The first-order chi connectivity index (χ1) is 9.68. The van der Waals surface area contributed by atoms with Crippen molar-refractivity contribution in [3.8, 4) is 0 Å². The molecule has 0 spiro atoms. The van der Waals surface area contributed by atoms with E-state index in [4.69, 9.17) is 11.6 Å². The summed E-state index contributed by atoms with van der Waals surface area (Å²) in [4.78, 5) is 12.6. The van der Waals surface area contributed by atoms with E-state index in [0.717, 1.165) is 37.4 Å². The van der Waals surface area contributed by atoms with Gasteiger partial charge in [0.1, 0.15) is 0 Å². The van der Waals surface area contributed by atoms with Gasteiger partial charge in [-0.25, -0.2) is 0 Å². The van der Waals surface area contributed by atoms with Crippen molar-refractivity contribution in [2.75, 3.05) is 13.1 Å². The van der Waals surface area contributed by atoms with E-state index in [1.165, 1.54) is 18.4 Å². The van der Waals surface area contributed by atoms with Gasteiger partial charge in [0.15, 0.2) is 0 Å². The quantitative estimate of drug-likeness (QED) is 0.895. The summed E-state index contributed by atoms with van der Waals surface area (Å²) in [6.07, 6.45) is 5.54. The highest BCUT2D eigenvalue weighted by Crippen LogP contribution is 2.30. The SMILES string of the molecule is O=C(NC1CCCC1)C1(Cc2ccc(Cl)cc2)CNC1. The van der Waals surface area contributed by atoms with Crippen LogP contribution >= 0.6 is 11.6 Å². The summed E-state index contributed by atoms with van der Waals surface area (Å²) in [5.41, 5.74) is 0.911. The molecule has 3 rings (SSSR count). The van der Waals surface area contributed by atoms with Crippen LogP contribution in [0.2, 0.25) is 5.02 Å². The average molecular weight is 293 g/mol. The van der Waals surface area contributed by atoms with Crippen LogP contribution in [0.25, 0.3) is 0 Å². The van der Waals surface area contributed by atoms with Gasteiger partial charge in [0.25, 0.3) is 0 Å². The number of benzene rings is 1. The van der Waals surface area contributed by atoms with Gasteiger partial charge in [0, 0.05) is 24.2 Å². The Labute approximate surface area is 125 Å². The fourth-order valence-electron chi connectivity index (χ4n) is 3.19. The molecule has 0 atom stereocenters. The van der Waals surface area contributed by atoms with Gasteiger partial charge in [0.2, 0.25) is 5.91 Å². The number of hydrogen-bond acceptors (Lipinski definition) is 2. The molecule has 3 nitrogen and oxygen atoms in total. The lowest BCUT2D eigenvalue weighted by Gasteiger charge is -2.42. The van der Waals surface area contributed by atoms with Gasteiger partial charge in [-0.05, 0) is 37.0 Å². The number of nitrogens with one attached hydrogen (secondary N) is 2. The first-order valence-corrected chi connectivity index (χ1v) is 7.82. The number of carbonyl (C=O) groups excluding carboxylic acids is 1. The zero-order chi connectivity index (χ0) is 14.0. The zero-order valence-corrected chi connectivity index (χ0v) is 12.4. The maximum absolute atomic E-state index is 12.6. The molecule has 2 fully saturated rings. The molecule has 1 saturated heterocycles. The maximum atomic E-state index is 12.6. The number of carbonyl (C=O) groups is 1. The van der Waals surface area contributed by atoms with Gasteiger partial charge in [-0.2, -0.15) is 0 Å². The fourth-order valence-corrected chi connectivity index (χ4v) is 3.32. The van der Waals surface area contributed by atoms with Gasteiger partial charge in [0.05, 0.1) is 5.41 Å². The molecule has 1 aliphatic heterocycles. The first kappa shape index (κ1) is 13.9. The average Bonchev–Trinajstić information content (AvgIpc) is 2.88. The Bertz CT molecular complexity index is 476. The molecular formula is C16H21ClN2O. The zero-order valence-electron chi connectivity index (χ0n) is 11.6. The molecule has 2 N–H and O–H groups in total. The summed E-state index contributed by atoms with van der Waals surface area (Å²) in [5, 5.41) is 7.24. The smallest absolute Gasteiger partial charge is 0.229 e. The molecule has 1 aromatic rings. The van der Waals surface area contributed by atoms with Crippen molar-refractivity contribution < 1.29 is 4.79 Å². The van der Waals surface area contributed by atoms with Crippen LogP contribution in [0.15, 0.2) is 24.3 Å². The van der Waals surface area contributed by atoms with Crippen LogP contribution in [-0.4, -0.2) is 25.0 Å².